The molecule has 4 heteroatoms. The second-order valence-corrected chi connectivity index (χ2v) is 4.52. The van der Waals surface area contributed by atoms with Crippen molar-refractivity contribution in [3.8, 4) is 5.69 Å². The van der Waals surface area contributed by atoms with Gasteiger partial charge in [0.1, 0.15) is 11.3 Å². The van der Waals surface area contributed by atoms with Gasteiger partial charge in [-0.1, -0.05) is 17.7 Å². The van der Waals surface area contributed by atoms with E-state index in [1.165, 1.54) is 5.56 Å². The summed E-state index contributed by atoms with van der Waals surface area (Å²) in [7, 11) is 0. The molecule has 1 aromatic carbocycles. The van der Waals surface area contributed by atoms with Gasteiger partial charge in [0.25, 0.3) is 0 Å². The molecular formula is C15H15N3O. The van der Waals surface area contributed by atoms with Crippen LogP contribution in [0.25, 0.3) is 16.9 Å². The van der Waals surface area contributed by atoms with Crippen LogP contribution in [0.15, 0.2) is 42.6 Å². The molecular weight excluding hydrogens is 238 g/mol. The van der Waals surface area contributed by atoms with E-state index in [-0.39, 0.29) is 6.61 Å². The molecule has 96 valence electrons. The molecule has 0 aliphatic carbocycles. The number of hydrogen-bond donors (Lipinski definition) is 1. The summed E-state index contributed by atoms with van der Waals surface area (Å²) >= 11 is 0. The van der Waals surface area contributed by atoms with E-state index in [1.807, 2.05) is 28.8 Å². The average Bonchev–Trinajstić information content (AvgIpc) is 2.78. The summed E-state index contributed by atoms with van der Waals surface area (Å²) in [5, 5.41) is 9.19. The largest absolute Gasteiger partial charge is 0.396 e. The number of benzene rings is 1. The molecule has 0 amide bonds. The van der Waals surface area contributed by atoms with Crippen molar-refractivity contribution >= 4 is 11.2 Å². The van der Waals surface area contributed by atoms with Gasteiger partial charge in [-0.25, -0.2) is 9.97 Å². The first kappa shape index (κ1) is 11.9. The second kappa shape index (κ2) is 4.82. The Morgan fingerprint density at radius 1 is 1.16 bits per heavy atom. The zero-order valence-corrected chi connectivity index (χ0v) is 10.7. The molecule has 19 heavy (non-hydrogen) atoms. The van der Waals surface area contributed by atoms with Gasteiger partial charge < -0.3 is 5.11 Å². The molecule has 0 fully saturated rings. The van der Waals surface area contributed by atoms with Gasteiger partial charge >= 0.3 is 0 Å². The Morgan fingerprint density at radius 3 is 2.68 bits per heavy atom. The lowest BCUT2D eigenvalue weighted by Crippen LogP contribution is -2.04. The fourth-order valence-electron chi connectivity index (χ4n) is 2.19. The smallest absolute Gasteiger partial charge is 0.164 e. The Kier molecular flexibility index (Phi) is 3.01. The van der Waals surface area contributed by atoms with Crippen LogP contribution in [-0.4, -0.2) is 26.2 Å². The Morgan fingerprint density at radius 2 is 1.95 bits per heavy atom. The molecule has 0 radical (unpaired) electrons. The summed E-state index contributed by atoms with van der Waals surface area (Å²) in [6.07, 6.45) is 2.28. The first-order valence-electron chi connectivity index (χ1n) is 6.30. The average molecular weight is 253 g/mol. The molecule has 4 nitrogen and oxygen atoms in total. The van der Waals surface area contributed by atoms with Crippen LogP contribution in [0, 0.1) is 6.92 Å². The van der Waals surface area contributed by atoms with Crippen molar-refractivity contribution in [3.63, 3.8) is 0 Å². The number of aryl methyl sites for hydroxylation is 1. The van der Waals surface area contributed by atoms with Crippen molar-refractivity contribution < 1.29 is 5.11 Å². The van der Waals surface area contributed by atoms with Crippen molar-refractivity contribution in [1.82, 2.24) is 14.5 Å². The van der Waals surface area contributed by atoms with E-state index in [9.17, 15) is 5.11 Å². The maximum atomic E-state index is 9.19. The number of pyridine rings is 1. The van der Waals surface area contributed by atoms with Crippen molar-refractivity contribution in [2.75, 3.05) is 6.61 Å². The van der Waals surface area contributed by atoms with Crippen molar-refractivity contribution in [1.29, 1.82) is 0 Å². The highest BCUT2D eigenvalue weighted by Crippen LogP contribution is 2.20. The van der Waals surface area contributed by atoms with E-state index in [1.54, 1.807) is 6.20 Å². The first-order valence-corrected chi connectivity index (χ1v) is 6.30. The maximum absolute atomic E-state index is 9.19. The first-order chi connectivity index (χ1) is 9.29. The third-order valence-corrected chi connectivity index (χ3v) is 3.11. The number of imidazole rings is 1. The van der Waals surface area contributed by atoms with Gasteiger partial charge in [-0.3, -0.25) is 4.57 Å². The van der Waals surface area contributed by atoms with Crippen LogP contribution in [0.4, 0.5) is 0 Å². The summed E-state index contributed by atoms with van der Waals surface area (Å²) in [5.41, 5.74) is 3.92. The Hall–Kier alpha value is -2.20. The number of fused-ring (bicyclic) bond motifs is 1. The van der Waals surface area contributed by atoms with E-state index in [4.69, 9.17) is 0 Å². The van der Waals surface area contributed by atoms with E-state index in [2.05, 4.69) is 29.0 Å². The lowest BCUT2D eigenvalue weighted by atomic mass is 10.2. The molecule has 0 spiro atoms. The SMILES string of the molecule is Cc1ccc(-n2c(CCO)nc3cccnc32)cc1. The number of rotatable bonds is 3. The lowest BCUT2D eigenvalue weighted by Gasteiger charge is -2.08. The minimum absolute atomic E-state index is 0.0786. The second-order valence-electron chi connectivity index (χ2n) is 4.52. The van der Waals surface area contributed by atoms with Crippen LogP contribution in [0.2, 0.25) is 0 Å². The number of hydrogen-bond acceptors (Lipinski definition) is 3. The van der Waals surface area contributed by atoms with Gasteiger partial charge in [0.2, 0.25) is 0 Å². The summed E-state index contributed by atoms with van der Waals surface area (Å²) in [6, 6.07) is 12.0. The number of nitrogens with zero attached hydrogens (tertiary/aromatic N) is 3. The molecule has 1 N–H and O–H groups in total. The molecule has 0 unspecified atom stereocenters. The van der Waals surface area contributed by atoms with E-state index >= 15 is 0 Å². The van der Waals surface area contributed by atoms with E-state index in [0.717, 1.165) is 22.7 Å². The number of aromatic nitrogens is 3. The molecule has 0 saturated carbocycles. The van der Waals surface area contributed by atoms with Crippen molar-refractivity contribution in [3.05, 3.63) is 54.0 Å². The lowest BCUT2D eigenvalue weighted by molar-refractivity contribution is 0.296. The standard InChI is InChI=1S/C15H15N3O/c1-11-4-6-12(7-5-11)18-14(8-10-19)17-13-3-2-9-16-15(13)18/h2-7,9,19H,8,10H2,1H3. The van der Waals surface area contributed by atoms with Gasteiger partial charge in [-0.15, -0.1) is 0 Å². The molecule has 0 bridgehead atoms. The van der Waals surface area contributed by atoms with Crippen LogP contribution >= 0.6 is 0 Å². The monoisotopic (exact) mass is 253 g/mol. The van der Waals surface area contributed by atoms with Crippen LogP contribution in [-0.2, 0) is 6.42 Å². The van der Waals surface area contributed by atoms with Gasteiger partial charge in [0, 0.05) is 18.3 Å². The minimum Gasteiger partial charge on any atom is -0.396 e. The Balaban J connectivity index is 2.24. The van der Waals surface area contributed by atoms with Gasteiger partial charge in [-0.2, -0.15) is 0 Å². The van der Waals surface area contributed by atoms with Gasteiger partial charge in [0.15, 0.2) is 5.65 Å². The zero-order valence-electron chi connectivity index (χ0n) is 10.7. The maximum Gasteiger partial charge on any atom is 0.164 e. The van der Waals surface area contributed by atoms with Crippen molar-refractivity contribution in [2.24, 2.45) is 0 Å². The van der Waals surface area contributed by atoms with Crippen LogP contribution in [0.5, 0.6) is 0 Å². The molecule has 3 rings (SSSR count). The van der Waals surface area contributed by atoms with Crippen LogP contribution < -0.4 is 0 Å². The quantitative estimate of drug-likeness (QED) is 0.779. The summed E-state index contributed by atoms with van der Waals surface area (Å²) in [6.45, 7) is 2.14. The van der Waals surface area contributed by atoms with E-state index < -0.39 is 0 Å². The van der Waals surface area contributed by atoms with E-state index in [0.29, 0.717) is 6.42 Å². The fourth-order valence-corrected chi connectivity index (χ4v) is 2.19. The third-order valence-electron chi connectivity index (χ3n) is 3.11. The number of aliphatic hydroxyl groups is 1. The predicted octanol–water partition coefficient (Wildman–Crippen LogP) is 2.26. The third kappa shape index (κ3) is 2.11. The highest BCUT2D eigenvalue weighted by molar-refractivity contribution is 5.73. The number of aliphatic hydroxyl groups excluding tert-OH is 1. The van der Waals surface area contributed by atoms with Crippen LogP contribution in [0.1, 0.15) is 11.4 Å². The molecule has 2 heterocycles. The van der Waals surface area contributed by atoms with Gasteiger partial charge in [-0.05, 0) is 31.2 Å². The van der Waals surface area contributed by atoms with Gasteiger partial charge in [0.05, 0.1) is 6.61 Å². The topological polar surface area (TPSA) is 50.9 Å². The zero-order chi connectivity index (χ0) is 13.2. The highest BCUT2D eigenvalue weighted by Gasteiger charge is 2.12. The molecule has 0 aliphatic rings. The van der Waals surface area contributed by atoms with Crippen molar-refractivity contribution in [2.45, 2.75) is 13.3 Å². The Bertz CT molecular complexity index is 701. The Labute approximate surface area is 111 Å². The molecule has 3 aromatic rings. The molecule has 0 atom stereocenters. The van der Waals surface area contributed by atoms with Crippen LogP contribution in [0.3, 0.4) is 0 Å². The molecule has 0 saturated heterocycles. The summed E-state index contributed by atoms with van der Waals surface area (Å²) in [4.78, 5) is 8.94. The highest BCUT2D eigenvalue weighted by atomic mass is 16.3. The normalized spacial score (nSPS) is 11.1. The minimum atomic E-state index is 0.0786. The predicted molar refractivity (Wildman–Crippen MR) is 74.4 cm³/mol. The summed E-state index contributed by atoms with van der Waals surface area (Å²) in [5.74, 6) is 0.833. The summed E-state index contributed by atoms with van der Waals surface area (Å²) < 4.78 is 2.00. The molecule has 2 aromatic heterocycles. The fraction of sp³-hybridized carbons (Fsp3) is 0.200. The molecule has 0 aliphatic heterocycles.